The molecule has 26 fully saturated rings. The van der Waals surface area contributed by atoms with Crippen molar-refractivity contribution in [3.63, 3.8) is 0 Å². The Labute approximate surface area is 693 Å². The van der Waals surface area contributed by atoms with Crippen molar-refractivity contribution < 1.29 is 187 Å². The normalized spacial score (nSPS) is 45.3. The van der Waals surface area contributed by atoms with Crippen molar-refractivity contribution in [2.24, 2.45) is 0 Å². The van der Waals surface area contributed by atoms with Crippen molar-refractivity contribution >= 4 is 112 Å². The molecule has 19 N–H and O–H groups in total. The van der Waals surface area contributed by atoms with Crippen LogP contribution in [0.5, 0.6) is 0 Å². The Balaban J connectivity index is 1.09. The first-order valence-corrected chi connectivity index (χ1v) is 47.3. The molecule has 40 atom stereocenters. The molecule has 0 aromatic carbocycles. The van der Waals surface area contributed by atoms with E-state index in [9.17, 15) is 111 Å². The highest BCUT2D eigenvalue weighted by Gasteiger charge is 2.61. The van der Waals surface area contributed by atoms with Crippen molar-refractivity contribution in [2.45, 2.75) is 306 Å². The average Bonchev–Trinajstić information content (AvgIpc) is 0.773. The molecule has 26 saturated heterocycles. The topological polar surface area (TPSA) is 583 Å². The predicted molar refractivity (Wildman–Crippen MR) is 413 cm³/mol. The number of aliphatic carboxylic acids is 3. The van der Waals surface area contributed by atoms with Crippen LogP contribution in [-0.4, -0.2) is 453 Å². The Bertz CT molecular complexity index is 2860. The minimum absolute atomic E-state index is 0.00298. The third kappa shape index (κ3) is 25.2. The van der Waals surface area contributed by atoms with Crippen LogP contribution in [0.25, 0.3) is 0 Å². The van der Waals surface area contributed by atoms with Gasteiger partial charge in [-0.05, 0) is 35.2 Å². The van der Waals surface area contributed by atoms with E-state index in [1.165, 1.54) is 58.8 Å². The Morgan fingerprint density at radius 1 is 0.211 bits per heavy atom. The van der Waals surface area contributed by atoms with Crippen molar-refractivity contribution in [1.82, 2.24) is 0 Å². The minimum Gasteiger partial charge on any atom is -0.481 e. The number of carboxylic acids is 3. The van der Waals surface area contributed by atoms with Crippen LogP contribution < -0.4 is 0 Å². The summed E-state index contributed by atoms with van der Waals surface area (Å²) in [7, 11) is 0. The number of carbonyl (C=O) groups is 3. The van der Waals surface area contributed by atoms with E-state index in [0.717, 1.165) is 35.3 Å². The lowest BCUT2D eigenvalue weighted by Crippen LogP contribution is -2.68. The largest absolute Gasteiger partial charge is 0.481 e. The van der Waals surface area contributed by atoms with E-state index >= 15 is 0 Å². The van der Waals surface area contributed by atoms with Crippen LogP contribution in [0, 0.1) is 0 Å². The fraction of sp³-hybridized carbons (Fsp3) is 0.956. The SMILES string of the molecule is CCCSCC1O[C@@H]2O[C@@H]3C(CSCCC(=O)O)O[C@H](O[C@@H]4C(CSCCC(=O)O)O[C@H](O[C@@H]5C(CSCCC(=O)O)O[C@H](O[C@@H]6C(CSCC)O[C@H](O[C@@H]7C(O)[C@@H](OC(CSCC)[C@H]7O)O[C@@H]7C(CSCC)O[C@H](O[C@@H]8C(CSCC)O[C@H](O[C@H]1[C@H](O)C2O)C(O)[C@H]8O)C(O)[C@H]7O)C(O)[C@H]6O)C(O)[C@H]5O)C(O)[C@H]4O)C(O)[C@H]3O. The molecule has 0 aromatic heterocycles. The van der Waals surface area contributed by atoms with Gasteiger partial charge in [0.15, 0.2) is 50.3 Å². The highest BCUT2D eigenvalue weighted by atomic mass is 32.2. The minimum atomic E-state index is -2.20. The highest BCUT2D eigenvalue weighted by Crippen LogP contribution is 2.43. The Morgan fingerprint density at radius 3 is 0.588 bits per heavy atom. The second-order valence-corrected chi connectivity index (χ2v) is 38.2. The molecule has 662 valence electrons. The number of ether oxygens (including phenoxy) is 16. The van der Waals surface area contributed by atoms with Gasteiger partial charge in [0.1, 0.15) is 146 Å². The molecular weight excluding hydrogens is 1680 g/mol. The Morgan fingerprint density at radius 2 is 0.386 bits per heavy atom. The first-order valence-electron chi connectivity index (χ1n) is 38.1. The molecule has 0 radical (unpaired) electrons. The molecule has 0 aliphatic carbocycles. The van der Waals surface area contributed by atoms with Gasteiger partial charge in [0.2, 0.25) is 0 Å². The maximum atomic E-state index is 12.3. The third-order valence-electron chi connectivity index (χ3n) is 20.3. The van der Waals surface area contributed by atoms with Gasteiger partial charge in [-0.3, -0.25) is 14.4 Å². The molecule has 46 heteroatoms. The maximum Gasteiger partial charge on any atom is 0.304 e. The van der Waals surface area contributed by atoms with Crippen LogP contribution in [0.4, 0.5) is 0 Å². The van der Waals surface area contributed by atoms with Gasteiger partial charge in [-0.1, -0.05) is 34.6 Å². The molecule has 38 nitrogen and oxygen atoms in total. The molecular formula is C68H114O38S8. The predicted octanol–water partition coefficient (Wildman–Crippen LogP) is -4.57. The number of carboxylic acid groups (broad SMARTS) is 3. The molecule has 0 saturated carbocycles. The summed E-state index contributed by atoms with van der Waals surface area (Å²) in [5.41, 5.74) is 0. The van der Waals surface area contributed by atoms with E-state index in [4.69, 9.17) is 75.8 Å². The molecule has 26 aliphatic heterocycles. The van der Waals surface area contributed by atoms with E-state index in [0.29, 0.717) is 35.2 Å². The van der Waals surface area contributed by atoms with Gasteiger partial charge in [-0.25, -0.2) is 0 Å². The molecule has 0 amide bonds. The summed E-state index contributed by atoms with van der Waals surface area (Å²) in [6.07, 6.45) is -73.0. The van der Waals surface area contributed by atoms with Crippen molar-refractivity contribution in [2.75, 3.05) is 92.0 Å². The van der Waals surface area contributed by atoms with Gasteiger partial charge in [-0.2, -0.15) is 94.1 Å². The van der Waals surface area contributed by atoms with Gasteiger partial charge >= 0.3 is 17.9 Å². The second-order valence-electron chi connectivity index (χ2n) is 28.4. The summed E-state index contributed by atoms with van der Waals surface area (Å²) in [4.78, 5) is 35.2. The van der Waals surface area contributed by atoms with Crippen molar-refractivity contribution in [1.29, 1.82) is 0 Å². The zero-order valence-electron chi connectivity index (χ0n) is 63.3. The summed E-state index contributed by atoms with van der Waals surface area (Å²) in [6.45, 7) is 9.19. The molecule has 0 spiro atoms. The smallest absolute Gasteiger partial charge is 0.304 e. The lowest BCUT2D eigenvalue weighted by molar-refractivity contribution is -0.392. The summed E-state index contributed by atoms with van der Waals surface area (Å²) in [5.74, 6) is -2.02. The summed E-state index contributed by atoms with van der Waals surface area (Å²) in [5, 5.41) is 223. The molecule has 26 aliphatic rings. The standard InChI is InChI=1S/C68H114O38S8/c1-6-14-111-22-30-56-40(78)47(85)63(95-30)102-57-32(24-113-16-12-35(71)72)97-65(49(87)42(57)80)104-59-33(25-114-17-13-36(73)74)98-66(50(88)43(59)81)103-58-31(23-112-15-11-34(69)70)96-64(48(86)41(58)79)100-54-28(20-109-9-4)94-67(51(89)44(54)82)106-60-37(75)26(18-107-7-2)91-68(52(60)90)105-55-29(21-110-10-5)93-61(46(84)39(55)77)99-53-27(19-108-8-3)92-62(101-56)45(83)38(53)76/h26-33,37-68,75-90H,6-25H2,1-5H3,(H,69,70)(H,71,72)(H,73,74)/t26?,27?,28?,29?,30?,31?,32?,33?,37-,38-,39-,40-,41-,42-,43-,44-,45?,46?,47?,48?,49?,50?,51?,52?,53-,54-,55-,56-,57-,58-,59-,60+,61-,62-,63-,64-,65-,66-,67-,68+/m1/s1. The van der Waals surface area contributed by atoms with Crippen LogP contribution in [0.2, 0.25) is 0 Å². The molecule has 16 unspecified atom stereocenters. The van der Waals surface area contributed by atoms with Crippen LogP contribution >= 0.6 is 94.1 Å². The van der Waals surface area contributed by atoms with Gasteiger partial charge in [0, 0.05) is 63.3 Å². The van der Waals surface area contributed by atoms with E-state index in [1.807, 2.05) is 27.7 Å². The molecule has 16 bridgehead atoms. The Hall–Kier alpha value is -0.0700. The maximum absolute atomic E-state index is 12.3. The first-order chi connectivity index (χ1) is 54.5. The second kappa shape index (κ2) is 47.3. The number of aliphatic hydroxyl groups is 16. The van der Waals surface area contributed by atoms with Crippen molar-refractivity contribution in [3.8, 4) is 0 Å². The fourth-order valence-corrected chi connectivity index (χ4v) is 21.0. The van der Waals surface area contributed by atoms with Gasteiger partial charge < -0.3 is 173 Å². The van der Waals surface area contributed by atoms with Crippen LogP contribution in [0.15, 0.2) is 0 Å². The first kappa shape index (κ1) is 97.7. The van der Waals surface area contributed by atoms with E-state index in [-0.39, 0.29) is 82.5 Å². The number of aliphatic hydroxyl groups excluding tert-OH is 16. The molecule has 26 heterocycles. The van der Waals surface area contributed by atoms with Crippen LogP contribution in [-0.2, 0) is 90.2 Å². The zero-order chi connectivity index (χ0) is 82.9. The summed E-state index contributed by atoms with van der Waals surface area (Å²) >= 11 is 9.46. The number of thioether (sulfide) groups is 8. The zero-order valence-corrected chi connectivity index (χ0v) is 69.8. The molecule has 114 heavy (non-hydrogen) atoms. The van der Waals surface area contributed by atoms with Crippen molar-refractivity contribution in [3.05, 3.63) is 0 Å². The van der Waals surface area contributed by atoms with Gasteiger partial charge in [0.25, 0.3) is 0 Å². The van der Waals surface area contributed by atoms with E-state index in [2.05, 4.69) is 0 Å². The number of hydrogen-bond donors (Lipinski definition) is 19. The van der Waals surface area contributed by atoms with Crippen LogP contribution in [0.1, 0.15) is 60.3 Å². The lowest BCUT2D eigenvalue weighted by atomic mass is 9.95. The van der Waals surface area contributed by atoms with Gasteiger partial charge in [0.05, 0.1) is 68.1 Å². The van der Waals surface area contributed by atoms with E-state index in [1.54, 1.807) is 6.92 Å². The lowest BCUT2D eigenvalue weighted by Gasteiger charge is -2.50. The number of hydrogen-bond acceptors (Lipinski definition) is 43. The highest BCUT2D eigenvalue weighted by molar-refractivity contribution is 8.00. The summed E-state index contributed by atoms with van der Waals surface area (Å²) < 4.78 is 102. The monoisotopic (exact) mass is 1790 g/mol. The van der Waals surface area contributed by atoms with Gasteiger partial charge in [-0.15, -0.1) is 0 Å². The summed E-state index contributed by atoms with van der Waals surface area (Å²) in [6, 6.07) is 0. The van der Waals surface area contributed by atoms with Crippen LogP contribution in [0.3, 0.4) is 0 Å². The average molecular weight is 1800 g/mol. The Kier molecular flexibility index (Phi) is 40.6. The molecule has 0 aromatic rings. The number of rotatable bonds is 31. The third-order valence-corrected chi connectivity index (χ3v) is 28.6. The molecule has 26 rings (SSSR count). The van der Waals surface area contributed by atoms with E-state index < -0.39 is 264 Å². The fourth-order valence-electron chi connectivity index (χ4n) is 14.2. The quantitative estimate of drug-likeness (QED) is 0.0291.